The molecule has 3 aromatic rings. The van der Waals surface area contributed by atoms with Gasteiger partial charge in [0.25, 0.3) is 5.19 Å². The molecule has 2 aromatic heterocycles. The molecule has 0 fully saturated rings. The summed E-state index contributed by atoms with van der Waals surface area (Å²) in [5.74, 6) is 1.34. The van der Waals surface area contributed by atoms with E-state index >= 15 is 0 Å². The molecule has 0 amide bonds. The molecule has 0 spiro atoms. The van der Waals surface area contributed by atoms with Crippen molar-refractivity contribution in [2.45, 2.75) is 32.2 Å². The van der Waals surface area contributed by atoms with Gasteiger partial charge in [-0.3, -0.25) is 0 Å². The summed E-state index contributed by atoms with van der Waals surface area (Å²) in [4.78, 5) is 5.63. The summed E-state index contributed by atoms with van der Waals surface area (Å²) in [7, 11) is 0. The van der Waals surface area contributed by atoms with Crippen LogP contribution in [0, 0.1) is 0 Å². The second-order valence-electron chi connectivity index (χ2n) is 5.95. The fourth-order valence-electron chi connectivity index (χ4n) is 2.19. The van der Waals surface area contributed by atoms with Gasteiger partial charge in [-0.1, -0.05) is 11.3 Å². The van der Waals surface area contributed by atoms with Crippen LogP contribution in [0.15, 0.2) is 42.6 Å². The number of benzene rings is 1. The van der Waals surface area contributed by atoms with Gasteiger partial charge >= 0.3 is 6.18 Å². The first-order valence-electron chi connectivity index (χ1n) is 8.05. The Kier molecular flexibility index (Phi) is 5.73. The van der Waals surface area contributed by atoms with Crippen molar-refractivity contribution in [3.63, 3.8) is 0 Å². The van der Waals surface area contributed by atoms with Crippen LogP contribution < -0.4 is 15.2 Å². The van der Waals surface area contributed by atoms with Crippen LogP contribution in [0.2, 0.25) is 0 Å². The summed E-state index contributed by atoms with van der Waals surface area (Å²) in [6.45, 7) is 3.89. The largest absolute Gasteiger partial charge is 0.491 e. The summed E-state index contributed by atoms with van der Waals surface area (Å²) < 4.78 is 49.5. The molecule has 27 heavy (non-hydrogen) atoms. The Bertz CT molecular complexity index is 889. The average molecular weight is 414 g/mol. The van der Waals surface area contributed by atoms with Crippen LogP contribution in [0.5, 0.6) is 16.7 Å². The maximum atomic E-state index is 12.7. The van der Waals surface area contributed by atoms with Gasteiger partial charge in [0.2, 0.25) is 0 Å². The molecule has 2 heterocycles. The van der Waals surface area contributed by atoms with E-state index in [0.29, 0.717) is 15.8 Å². The molecule has 0 saturated carbocycles. The zero-order chi connectivity index (χ0) is 19.6. The van der Waals surface area contributed by atoms with Crippen LogP contribution in [0.4, 0.5) is 13.2 Å². The first kappa shape index (κ1) is 19.7. The Morgan fingerprint density at radius 2 is 1.63 bits per heavy atom. The van der Waals surface area contributed by atoms with Crippen molar-refractivity contribution in [2.75, 3.05) is 0 Å². The number of nitrogens with two attached hydrogens (primary N) is 1. The van der Waals surface area contributed by atoms with E-state index < -0.39 is 12.2 Å². The number of aromatic nitrogens is 1. The first-order chi connectivity index (χ1) is 12.7. The minimum atomic E-state index is -4.46. The van der Waals surface area contributed by atoms with Gasteiger partial charge in [-0.15, -0.1) is 11.3 Å². The minimum absolute atomic E-state index is 0.0640. The lowest BCUT2D eigenvalue weighted by atomic mass is 10.2. The van der Waals surface area contributed by atoms with Crippen LogP contribution in [0.3, 0.4) is 0 Å². The quantitative estimate of drug-likeness (QED) is 0.536. The number of hydrogen-bond acceptors (Lipinski definition) is 6. The zero-order valence-electron chi connectivity index (χ0n) is 14.5. The lowest BCUT2D eigenvalue weighted by molar-refractivity contribution is -0.148. The van der Waals surface area contributed by atoms with Crippen molar-refractivity contribution in [3.8, 4) is 26.4 Å². The topological polar surface area (TPSA) is 57.4 Å². The monoisotopic (exact) mass is 414 g/mol. The Labute approximate surface area is 162 Å². The molecular weight excluding hydrogens is 397 g/mol. The van der Waals surface area contributed by atoms with Gasteiger partial charge in [0.15, 0.2) is 0 Å². The van der Waals surface area contributed by atoms with Crippen molar-refractivity contribution < 1.29 is 22.6 Å². The zero-order valence-corrected chi connectivity index (χ0v) is 16.1. The highest BCUT2D eigenvalue weighted by Crippen LogP contribution is 2.40. The van der Waals surface area contributed by atoms with E-state index in [-0.39, 0.29) is 11.0 Å². The standard InChI is InChI=1S/C18H17F3N2O2S2/c1-10(2)24-11-3-5-12(6-4-11)25-17-23-9-15(27-17)13-7-8-14(26-13)16(22)18(19,20)21/h3-10,16H,22H2,1-2H3. The van der Waals surface area contributed by atoms with Crippen LogP contribution in [0.25, 0.3) is 9.75 Å². The van der Waals surface area contributed by atoms with E-state index in [1.807, 2.05) is 13.8 Å². The summed E-state index contributed by atoms with van der Waals surface area (Å²) >= 11 is 2.25. The molecule has 1 atom stereocenters. The fraction of sp³-hybridized carbons (Fsp3) is 0.278. The van der Waals surface area contributed by atoms with E-state index in [1.54, 1.807) is 36.5 Å². The van der Waals surface area contributed by atoms with E-state index in [4.69, 9.17) is 15.2 Å². The minimum Gasteiger partial charge on any atom is -0.491 e. The number of thiophene rings is 1. The molecule has 2 N–H and O–H groups in total. The molecule has 0 radical (unpaired) electrons. The Balaban J connectivity index is 1.69. The highest BCUT2D eigenvalue weighted by Gasteiger charge is 2.38. The van der Waals surface area contributed by atoms with Crippen LogP contribution >= 0.6 is 22.7 Å². The SMILES string of the molecule is CC(C)Oc1ccc(Oc2ncc(-c3ccc(C(N)C(F)(F)F)s3)s2)cc1. The molecule has 144 valence electrons. The summed E-state index contributed by atoms with van der Waals surface area (Å²) in [5.41, 5.74) is 5.25. The molecule has 1 unspecified atom stereocenters. The maximum absolute atomic E-state index is 12.7. The summed E-state index contributed by atoms with van der Waals surface area (Å²) in [6.07, 6.45) is -2.81. The number of alkyl halides is 3. The van der Waals surface area contributed by atoms with Gasteiger partial charge in [0, 0.05) is 9.75 Å². The van der Waals surface area contributed by atoms with E-state index in [1.165, 1.54) is 17.4 Å². The fourth-order valence-corrected chi connectivity index (χ4v) is 4.09. The number of halogens is 3. The molecule has 1 aromatic carbocycles. The maximum Gasteiger partial charge on any atom is 0.408 e. The summed E-state index contributed by atoms with van der Waals surface area (Å²) in [5, 5.41) is 0.401. The predicted molar refractivity (Wildman–Crippen MR) is 101 cm³/mol. The lowest BCUT2D eigenvalue weighted by Gasteiger charge is -2.13. The van der Waals surface area contributed by atoms with Crippen LogP contribution in [0.1, 0.15) is 24.8 Å². The van der Waals surface area contributed by atoms with Crippen molar-refractivity contribution in [1.82, 2.24) is 4.98 Å². The number of ether oxygens (including phenoxy) is 2. The number of nitrogens with zero attached hydrogens (tertiary/aromatic N) is 1. The van der Waals surface area contributed by atoms with Gasteiger partial charge in [-0.05, 0) is 50.2 Å². The van der Waals surface area contributed by atoms with E-state index in [0.717, 1.165) is 22.0 Å². The molecule has 0 aliphatic rings. The van der Waals surface area contributed by atoms with Crippen LogP contribution in [-0.2, 0) is 0 Å². The van der Waals surface area contributed by atoms with E-state index in [2.05, 4.69) is 4.98 Å². The second-order valence-corrected chi connectivity index (χ2v) is 8.06. The molecule has 3 rings (SSSR count). The summed E-state index contributed by atoms with van der Waals surface area (Å²) in [6, 6.07) is 8.16. The van der Waals surface area contributed by atoms with Crippen molar-refractivity contribution in [2.24, 2.45) is 5.73 Å². The lowest BCUT2D eigenvalue weighted by Crippen LogP contribution is -2.27. The number of rotatable bonds is 6. The third-order valence-corrected chi connectivity index (χ3v) is 5.65. The molecular formula is C18H17F3N2O2S2. The third kappa shape index (κ3) is 5.00. The van der Waals surface area contributed by atoms with Crippen molar-refractivity contribution in [3.05, 3.63) is 47.5 Å². The highest BCUT2D eigenvalue weighted by atomic mass is 32.1. The normalized spacial score (nSPS) is 13.0. The van der Waals surface area contributed by atoms with Gasteiger partial charge in [-0.25, -0.2) is 4.98 Å². The molecule has 4 nitrogen and oxygen atoms in total. The second kappa shape index (κ2) is 7.87. The Morgan fingerprint density at radius 1 is 0.963 bits per heavy atom. The number of hydrogen-bond donors (Lipinski definition) is 1. The molecule has 0 bridgehead atoms. The smallest absolute Gasteiger partial charge is 0.408 e. The molecule has 9 heteroatoms. The third-order valence-electron chi connectivity index (χ3n) is 3.41. The average Bonchev–Trinajstić information content (AvgIpc) is 3.24. The predicted octanol–water partition coefficient (Wildman–Crippen LogP) is 6.01. The molecule has 0 aliphatic heterocycles. The number of thiazole rings is 1. The first-order valence-corrected chi connectivity index (χ1v) is 9.68. The van der Waals surface area contributed by atoms with Gasteiger partial charge < -0.3 is 15.2 Å². The van der Waals surface area contributed by atoms with Gasteiger partial charge in [0.1, 0.15) is 17.5 Å². The molecule has 0 saturated heterocycles. The van der Waals surface area contributed by atoms with Crippen LogP contribution in [-0.4, -0.2) is 17.3 Å². The van der Waals surface area contributed by atoms with E-state index in [9.17, 15) is 13.2 Å². The van der Waals surface area contributed by atoms with Crippen molar-refractivity contribution >= 4 is 22.7 Å². The Hall–Kier alpha value is -2.10. The Morgan fingerprint density at radius 3 is 2.26 bits per heavy atom. The highest BCUT2D eigenvalue weighted by molar-refractivity contribution is 7.22. The van der Waals surface area contributed by atoms with Gasteiger partial charge in [-0.2, -0.15) is 13.2 Å². The van der Waals surface area contributed by atoms with Gasteiger partial charge in [0.05, 0.1) is 17.2 Å². The molecule has 0 aliphatic carbocycles. The van der Waals surface area contributed by atoms with Crippen molar-refractivity contribution in [1.29, 1.82) is 0 Å².